The number of aryl methyl sites for hydroxylation is 2. The molecular weight excluding hydrogens is 258 g/mol. The molecule has 0 unspecified atom stereocenters. The van der Waals surface area contributed by atoms with Crippen LogP contribution in [0.2, 0.25) is 0 Å². The van der Waals surface area contributed by atoms with Crippen molar-refractivity contribution < 1.29 is 19.4 Å². The van der Waals surface area contributed by atoms with Crippen LogP contribution in [-0.2, 0) is 0 Å². The molecule has 1 aromatic heterocycles. The van der Waals surface area contributed by atoms with Gasteiger partial charge in [-0.05, 0) is 43.2 Å². The number of aliphatic hydroxyl groups excluding tert-OH is 2. The van der Waals surface area contributed by atoms with E-state index in [2.05, 4.69) is 0 Å². The van der Waals surface area contributed by atoms with Crippen molar-refractivity contribution in [2.45, 2.75) is 13.8 Å². The maximum absolute atomic E-state index is 12.3. The van der Waals surface area contributed by atoms with Gasteiger partial charge < -0.3 is 19.5 Å². The molecule has 0 bridgehead atoms. The molecule has 0 aliphatic rings. The highest BCUT2D eigenvalue weighted by Gasteiger charge is 2.19. The number of furan rings is 1. The Hall–Kier alpha value is -1.85. The summed E-state index contributed by atoms with van der Waals surface area (Å²) in [4.78, 5) is 13.6. The summed E-state index contributed by atoms with van der Waals surface area (Å²) in [7, 11) is 0. The van der Waals surface area contributed by atoms with Gasteiger partial charge in [-0.2, -0.15) is 0 Å². The van der Waals surface area contributed by atoms with Gasteiger partial charge in [0.1, 0.15) is 5.58 Å². The van der Waals surface area contributed by atoms with E-state index in [0.29, 0.717) is 5.58 Å². The monoisotopic (exact) mass is 277 g/mol. The Kier molecular flexibility index (Phi) is 4.42. The number of nitrogens with zero attached hydrogens (tertiary/aromatic N) is 1. The number of hydrogen-bond donors (Lipinski definition) is 2. The topological polar surface area (TPSA) is 73.9 Å². The molecule has 0 aliphatic carbocycles. The number of rotatable bonds is 5. The molecule has 5 heteroatoms. The molecule has 1 amide bonds. The molecule has 2 rings (SSSR count). The Morgan fingerprint density at radius 2 is 1.70 bits per heavy atom. The first-order valence-electron chi connectivity index (χ1n) is 6.58. The second-order valence-electron chi connectivity index (χ2n) is 4.82. The highest BCUT2D eigenvalue weighted by atomic mass is 16.3. The number of fused-ring (bicyclic) bond motifs is 1. The third-order valence-corrected chi connectivity index (χ3v) is 3.37. The predicted molar refractivity (Wildman–Crippen MR) is 75.8 cm³/mol. The standard InChI is InChI=1S/C15H19NO4/c1-10-7-12-9-14(20-13(12)8-11(10)2)15(19)16(3-5-17)4-6-18/h7-9,17-18H,3-6H2,1-2H3. The molecule has 20 heavy (non-hydrogen) atoms. The Bertz CT molecular complexity index is 573. The zero-order chi connectivity index (χ0) is 14.7. The molecule has 2 N–H and O–H groups in total. The van der Waals surface area contributed by atoms with Gasteiger partial charge in [-0.3, -0.25) is 4.79 Å². The first-order chi connectivity index (χ1) is 9.56. The van der Waals surface area contributed by atoms with Gasteiger partial charge >= 0.3 is 0 Å². The molecule has 0 aliphatic heterocycles. The fourth-order valence-electron chi connectivity index (χ4n) is 2.12. The molecule has 0 saturated heterocycles. The van der Waals surface area contributed by atoms with Crippen molar-refractivity contribution in [3.8, 4) is 0 Å². The Morgan fingerprint density at radius 3 is 2.30 bits per heavy atom. The highest BCUT2D eigenvalue weighted by Crippen LogP contribution is 2.24. The van der Waals surface area contributed by atoms with Crippen LogP contribution in [0.15, 0.2) is 22.6 Å². The molecule has 1 heterocycles. The molecule has 0 fully saturated rings. The maximum Gasteiger partial charge on any atom is 0.289 e. The van der Waals surface area contributed by atoms with Gasteiger partial charge in [-0.15, -0.1) is 0 Å². The van der Waals surface area contributed by atoms with Crippen molar-refractivity contribution in [1.29, 1.82) is 0 Å². The summed E-state index contributed by atoms with van der Waals surface area (Å²) < 4.78 is 5.58. The highest BCUT2D eigenvalue weighted by molar-refractivity contribution is 5.96. The lowest BCUT2D eigenvalue weighted by molar-refractivity contribution is 0.0656. The molecule has 108 valence electrons. The normalized spacial score (nSPS) is 11.0. The van der Waals surface area contributed by atoms with Crippen LogP contribution in [0, 0.1) is 13.8 Å². The SMILES string of the molecule is Cc1cc2cc(C(=O)N(CCO)CCO)oc2cc1C. The van der Waals surface area contributed by atoms with E-state index < -0.39 is 0 Å². The molecule has 1 aromatic carbocycles. The van der Waals surface area contributed by atoms with Crippen LogP contribution >= 0.6 is 0 Å². The molecule has 5 nitrogen and oxygen atoms in total. The van der Waals surface area contributed by atoms with E-state index in [0.717, 1.165) is 16.5 Å². The third-order valence-electron chi connectivity index (χ3n) is 3.37. The number of amides is 1. The van der Waals surface area contributed by atoms with Gasteiger partial charge in [0.2, 0.25) is 0 Å². The van der Waals surface area contributed by atoms with Crippen LogP contribution in [0.5, 0.6) is 0 Å². The molecule has 0 radical (unpaired) electrons. The smallest absolute Gasteiger partial charge is 0.289 e. The van der Waals surface area contributed by atoms with E-state index in [1.54, 1.807) is 6.07 Å². The van der Waals surface area contributed by atoms with Crippen LogP contribution < -0.4 is 0 Å². The number of hydrogen-bond acceptors (Lipinski definition) is 4. The van der Waals surface area contributed by atoms with Crippen LogP contribution in [0.4, 0.5) is 0 Å². The minimum atomic E-state index is -0.320. The Balaban J connectivity index is 2.34. The van der Waals surface area contributed by atoms with E-state index in [4.69, 9.17) is 14.6 Å². The van der Waals surface area contributed by atoms with Crippen molar-refractivity contribution in [1.82, 2.24) is 4.90 Å². The molecule has 0 saturated carbocycles. The average molecular weight is 277 g/mol. The fraction of sp³-hybridized carbons (Fsp3) is 0.400. The summed E-state index contributed by atoms with van der Waals surface area (Å²) in [5, 5.41) is 18.8. The fourth-order valence-corrected chi connectivity index (χ4v) is 2.12. The minimum Gasteiger partial charge on any atom is -0.451 e. The number of benzene rings is 1. The molecule has 0 atom stereocenters. The van der Waals surface area contributed by atoms with E-state index in [1.165, 1.54) is 4.90 Å². The quantitative estimate of drug-likeness (QED) is 0.868. The van der Waals surface area contributed by atoms with Gasteiger partial charge in [0.25, 0.3) is 5.91 Å². The van der Waals surface area contributed by atoms with Crippen molar-refractivity contribution >= 4 is 16.9 Å². The lowest BCUT2D eigenvalue weighted by Crippen LogP contribution is -2.35. The van der Waals surface area contributed by atoms with Crippen molar-refractivity contribution in [2.75, 3.05) is 26.3 Å². The predicted octanol–water partition coefficient (Wildman–Crippen LogP) is 1.48. The van der Waals surface area contributed by atoms with Gasteiger partial charge in [0, 0.05) is 18.5 Å². The minimum absolute atomic E-state index is 0.149. The second-order valence-corrected chi connectivity index (χ2v) is 4.82. The molecule has 0 spiro atoms. The van der Waals surface area contributed by atoms with Crippen LogP contribution in [-0.4, -0.2) is 47.3 Å². The van der Waals surface area contributed by atoms with E-state index in [1.807, 2.05) is 26.0 Å². The number of carbonyl (C=O) groups is 1. The Morgan fingerprint density at radius 1 is 1.10 bits per heavy atom. The van der Waals surface area contributed by atoms with Crippen molar-refractivity contribution in [3.05, 3.63) is 35.1 Å². The van der Waals surface area contributed by atoms with Gasteiger partial charge in [0.15, 0.2) is 5.76 Å². The average Bonchev–Trinajstić information content (AvgIpc) is 2.81. The van der Waals surface area contributed by atoms with Gasteiger partial charge in [-0.1, -0.05) is 0 Å². The summed E-state index contributed by atoms with van der Waals surface area (Å²) in [6.45, 7) is 4.05. The van der Waals surface area contributed by atoms with Gasteiger partial charge in [0.05, 0.1) is 13.2 Å². The third kappa shape index (κ3) is 2.84. The molecular formula is C15H19NO4. The van der Waals surface area contributed by atoms with Crippen molar-refractivity contribution in [3.63, 3.8) is 0 Å². The summed E-state index contributed by atoms with van der Waals surface area (Å²) in [6, 6.07) is 5.59. The zero-order valence-electron chi connectivity index (χ0n) is 11.7. The second kappa shape index (κ2) is 6.07. The number of aliphatic hydroxyl groups is 2. The lowest BCUT2D eigenvalue weighted by atomic mass is 10.1. The first-order valence-corrected chi connectivity index (χ1v) is 6.58. The van der Waals surface area contributed by atoms with Gasteiger partial charge in [-0.25, -0.2) is 0 Å². The summed E-state index contributed by atoms with van der Waals surface area (Å²) in [5.74, 6) is -0.0912. The summed E-state index contributed by atoms with van der Waals surface area (Å²) >= 11 is 0. The number of carbonyl (C=O) groups excluding carboxylic acids is 1. The Labute approximate surface area is 117 Å². The first kappa shape index (κ1) is 14.6. The molecule has 2 aromatic rings. The van der Waals surface area contributed by atoms with E-state index >= 15 is 0 Å². The van der Waals surface area contributed by atoms with Crippen LogP contribution in [0.25, 0.3) is 11.0 Å². The summed E-state index contributed by atoms with van der Waals surface area (Å²) in [5.41, 5.74) is 2.91. The van der Waals surface area contributed by atoms with Crippen molar-refractivity contribution in [2.24, 2.45) is 0 Å². The van der Waals surface area contributed by atoms with Crippen LogP contribution in [0.3, 0.4) is 0 Å². The lowest BCUT2D eigenvalue weighted by Gasteiger charge is -2.18. The summed E-state index contributed by atoms with van der Waals surface area (Å²) in [6.07, 6.45) is 0. The largest absolute Gasteiger partial charge is 0.451 e. The van der Waals surface area contributed by atoms with E-state index in [-0.39, 0.29) is 38.0 Å². The van der Waals surface area contributed by atoms with E-state index in [9.17, 15) is 4.79 Å². The maximum atomic E-state index is 12.3. The van der Waals surface area contributed by atoms with Crippen LogP contribution in [0.1, 0.15) is 21.7 Å². The zero-order valence-corrected chi connectivity index (χ0v) is 11.7.